The van der Waals surface area contributed by atoms with E-state index in [0.29, 0.717) is 24.6 Å². The van der Waals surface area contributed by atoms with Crippen LogP contribution in [-0.2, 0) is 16.1 Å². The predicted molar refractivity (Wildman–Crippen MR) is 105 cm³/mol. The number of amides is 2. The molecule has 0 aliphatic carbocycles. The summed E-state index contributed by atoms with van der Waals surface area (Å²) in [6.45, 7) is 4.05. The van der Waals surface area contributed by atoms with E-state index in [4.69, 9.17) is 0 Å². The Balaban J connectivity index is 1.42. The first kappa shape index (κ1) is 17.9. The Labute approximate surface area is 162 Å². The number of aryl methyl sites for hydroxylation is 1. The zero-order chi connectivity index (χ0) is 18.8. The second kappa shape index (κ2) is 7.64. The molecule has 2 aromatic rings. The number of nitrogens with zero attached hydrogens (tertiary/aromatic N) is 4. The number of carbonyl (C=O) groups is 2. The maximum Gasteiger partial charge on any atom is 0.243 e. The summed E-state index contributed by atoms with van der Waals surface area (Å²) in [6, 6.07) is 7.91. The van der Waals surface area contributed by atoms with Crippen LogP contribution in [0, 0.1) is 6.92 Å². The van der Waals surface area contributed by atoms with Crippen molar-refractivity contribution in [1.29, 1.82) is 0 Å². The van der Waals surface area contributed by atoms with E-state index < -0.39 is 0 Å². The predicted octanol–water partition coefficient (Wildman–Crippen LogP) is 2.26. The van der Waals surface area contributed by atoms with Crippen LogP contribution in [0.25, 0.3) is 0 Å². The quantitative estimate of drug-likeness (QED) is 0.854. The van der Waals surface area contributed by atoms with Crippen LogP contribution in [0.1, 0.15) is 36.8 Å². The molecule has 8 heteroatoms. The zero-order valence-corrected chi connectivity index (χ0v) is 16.2. The average Bonchev–Trinajstić information content (AvgIpc) is 3.39. The molecule has 0 radical (unpaired) electrons. The Bertz CT molecular complexity index is 852. The molecule has 142 valence electrons. The minimum absolute atomic E-state index is 0.0167. The first-order valence-corrected chi connectivity index (χ1v) is 10.2. The summed E-state index contributed by atoms with van der Waals surface area (Å²) in [4.78, 5) is 28.4. The van der Waals surface area contributed by atoms with Crippen molar-refractivity contribution in [3.63, 3.8) is 0 Å². The summed E-state index contributed by atoms with van der Waals surface area (Å²) in [6.07, 6.45) is 3.18. The van der Waals surface area contributed by atoms with E-state index in [2.05, 4.69) is 21.6 Å². The lowest BCUT2D eigenvalue weighted by Crippen LogP contribution is -2.43. The number of nitrogens with one attached hydrogen (secondary N) is 1. The summed E-state index contributed by atoms with van der Waals surface area (Å²) in [7, 11) is 0. The first-order valence-electron chi connectivity index (χ1n) is 9.35. The van der Waals surface area contributed by atoms with Crippen LogP contribution in [-0.4, -0.2) is 41.1 Å². The lowest BCUT2D eigenvalue weighted by molar-refractivity contribution is -0.122. The maximum atomic E-state index is 12.7. The third-order valence-corrected chi connectivity index (χ3v) is 6.04. The van der Waals surface area contributed by atoms with Gasteiger partial charge in [-0.2, -0.15) is 0 Å². The molecule has 1 aromatic carbocycles. The van der Waals surface area contributed by atoms with Gasteiger partial charge in [0.2, 0.25) is 22.1 Å². The Morgan fingerprint density at radius 1 is 1.26 bits per heavy atom. The van der Waals surface area contributed by atoms with E-state index >= 15 is 0 Å². The normalized spacial score (nSPS) is 19.7. The summed E-state index contributed by atoms with van der Waals surface area (Å²) in [5.41, 5.74) is 2.28. The van der Waals surface area contributed by atoms with Crippen LogP contribution in [0.15, 0.2) is 24.3 Å². The van der Waals surface area contributed by atoms with Gasteiger partial charge in [-0.15, -0.1) is 10.2 Å². The first-order chi connectivity index (χ1) is 13.1. The van der Waals surface area contributed by atoms with Crippen molar-refractivity contribution in [3.05, 3.63) is 35.4 Å². The molecule has 2 aliphatic rings. The van der Waals surface area contributed by atoms with Gasteiger partial charge in [-0.25, -0.2) is 0 Å². The van der Waals surface area contributed by atoms with Gasteiger partial charge in [0.1, 0.15) is 6.04 Å². The fraction of sp³-hybridized carbons (Fsp3) is 0.474. The van der Waals surface area contributed by atoms with Crippen LogP contribution in [0.5, 0.6) is 0 Å². The molecular weight excluding hydrogens is 362 g/mol. The molecule has 0 saturated carbocycles. The Morgan fingerprint density at radius 2 is 2.11 bits per heavy atom. The summed E-state index contributed by atoms with van der Waals surface area (Å²) >= 11 is 1.40. The standard InChI is InChI=1S/C19H23N5O2S/c1-13-5-2-6-14(11-13)12-20-17(26)15-7-3-9-23(15)18-21-22-19(27-18)24-10-4-8-16(24)25/h2,5-6,11,15H,3-4,7-10,12H2,1H3,(H,20,26)/t15-/m0/s1. The molecule has 3 heterocycles. The van der Waals surface area contributed by atoms with E-state index in [1.54, 1.807) is 4.90 Å². The summed E-state index contributed by atoms with van der Waals surface area (Å²) in [5.74, 6) is 0.120. The maximum absolute atomic E-state index is 12.7. The molecular formula is C19H23N5O2S. The van der Waals surface area contributed by atoms with Crippen molar-refractivity contribution in [2.75, 3.05) is 22.9 Å². The third kappa shape index (κ3) is 3.80. The monoisotopic (exact) mass is 385 g/mol. The van der Waals surface area contributed by atoms with Gasteiger partial charge in [0, 0.05) is 26.1 Å². The van der Waals surface area contributed by atoms with E-state index in [1.807, 2.05) is 30.0 Å². The largest absolute Gasteiger partial charge is 0.350 e. The molecule has 2 aliphatic heterocycles. The molecule has 1 N–H and O–H groups in total. The topological polar surface area (TPSA) is 78.4 Å². The van der Waals surface area contributed by atoms with Gasteiger partial charge in [-0.3, -0.25) is 14.5 Å². The lowest BCUT2D eigenvalue weighted by Gasteiger charge is -2.22. The van der Waals surface area contributed by atoms with E-state index in [1.165, 1.54) is 16.9 Å². The Hall–Kier alpha value is -2.48. The second-order valence-electron chi connectivity index (χ2n) is 7.07. The Kier molecular flexibility index (Phi) is 5.07. The molecule has 2 amide bonds. The number of hydrogen-bond donors (Lipinski definition) is 1. The zero-order valence-electron chi connectivity index (χ0n) is 15.4. The molecule has 2 fully saturated rings. The number of carbonyl (C=O) groups excluding carboxylic acids is 2. The summed E-state index contributed by atoms with van der Waals surface area (Å²) in [5, 5.41) is 12.9. The SMILES string of the molecule is Cc1cccc(CNC(=O)[C@@H]2CCCN2c2nnc(N3CCCC3=O)s2)c1. The van der Waals surface area contributed by atoms with E-state index in [-0.39, 0.29) is 17.9 Å². The number of rotatable bonds is 5. The van der Waals surface area contributed by atoms with Crippen molar-refractivity contribution in [2.24, 2.45) is 0 Å². The molecule has 1 atom stereocenters. The fourth-order valence-corrected chi connectivity index (χ4v) is 4.65. The molecule has 4 rings (SSSR count). The lowest BCUT2D eigenvalue weighted by atomic mass is 10.1. The number of hydrogen-bond acceptors (Lipinski definition) is 6. The van der Waals surface area contributed by atoms with Gasteiger partial charge in [0.15, 0.2) is 0 Å². The van der Waals surface area contributed by atoms with Crippen molar-refractivity contribution in [1.82, 2.24) is 15.5 Å². The Morgan fingerprint density at radius 3 is 2.89 bits per heavy atom. The minimum Gasteiger partial charge on any atom is -0.350 e. The van der Waals surface area contributed by atoms with Crippen molar-refractivity contribution in [3.8, 4) is 0 Å². The third-order valence-electron chi connectivity index (χ3n) is 5.06. The molecule has 0 bridgehead atoms. The second-order valence-corrected chi connectivity index (χ2v) is 8.01. The number of aromatic nitrogens is 2. The van der Waals surface area contributed by atoms with Crippen LogP contribution < -0.4 is 15.1 Å². The molecule has 0 unspecified atom stereocenters. The van der Waals surface area contributed by atoms with Gasteiger partial charge >= 0.3 is 0 Å². The van der Waals surface area contributed by atoms with Crippen molar-refractivity contribution >= 4 is 33.4 Å². The molecule has 27 heavy (non-hydrogen) atoms. The van der Waals surface area contributed by atoms with Gasteiger partial charge in [-0.1, -0.05) is 41.2 Å². The highest BCUT2D eigenvalue weighted by Crippen LogP contribution is 2.33. The van der Waals surface area contributed by atoms with Crippen molar-refractivity contribution < 1.29 is 9.59 Å². The van der Waals surface area contributed by atoms with Crippen LogP contribution in [0.2, 0.25) is 0 Å². The molecule has 7 nitrogen and oxygen atoms in total. The molecule has 1 aromatic heterocycles. The van der Waals surface area contributed by atoms with E-state index in [0.717, 1.165) is 36.5 Å². The van der Waals surface area contributed by atoms with Gasteiger partial charge in [0.05, 0.1) is 0 Å². The van der Waals surface area contributed by atoms with Gasteiger partial charge in [0.25, 0.3) is 0 Å². The van der Waals surface area contributed by atoms with Crippen LogP contribution in [0.3, 0.4) is 0 Å². The highest BCUT2D eigenvalue weighted by molar-refractivity contribution is 7.19. The van der Waals surface area contributed by atoms with Crippen LogP contribution in [0.4, 0.5) is 10.3 Å². The van der Waals surface area contributed by atoms with E-state index in [9.17, 15) is 9.59 Å². The van der Waals surface area contributed by atoms with Gasteiger partial charge < -0.3 is 10.2 Å². The fourth-order valence-electron chi connectivity index (χ4n) is 3.68. The van der Waals surface area contributed by atoms with Crippen LogP contribution >= 0.6 is 11.3 Å². The minimum atomic E-state index is -0.232. The molecule has 0 spiro atoms. The van der Waals surface area contributed by atoms with Crippen molar-refractivity contribution in [2.45, 2.75) is 45.2 Å². The highest BCUT2D eigenvalue weighted by atomic mass is 32.1. The summed E-state index contributed by atoms with van der Waals surface area (Å²) < 4.78 is 0. The number of benzene rings is 1. The molecule has 2 saturated heterocycles. The smallest absolute Gasteiger partial charge is 0.243 e. The average molecular weight is 385 g/mol. The van der Waals surface area contributed by atoms with Gasteiger partial charge in [-0.05, 0) is 31.7 Å². The highest BCUT2D eigenvalue weighted by Gasteiger charge is 2.34. The number of anilines is 2.